The molecule has 1 aromatic rings. The third-order valence-electron chi connectivity index (χ3n) is 5.56. The summed E-state index contributed by atoms with van der Waals surface area (Å²) in [5, 5.41) is 3.27. The van der Waals surface area contributed by atoms with E-state index in [1.807, 2.05) is 12.1 Å². The molecule has 1 amide bonds. The van der Waals surface area contributed by atoms with E-state index in [1.54, 1.807) is 0 Å². The van der Waals surface area contributed by atoms with Gasteiger partial charge >= 0.3 is 0 Å². The van der Waals surface area contributed by atoms with E-state index in [4.69, 9.17) is 0 Å². The van der Waals surface area contributed by atoms with E-state index < -0.39 is 0 Å². The Bertz CT molecular complexity index is 536. The summed E-state index contributed by atoms with van der Waals surface area (Å²) in [6.07, 6.45) is 9.89. The summed E-state index contributed by atoms with van der Waals surface area (Å²) in [6, 6.07) is 8.59. The zero-order valence-electron chi connectivity index (χ0n) is 15.1. The minimum Gasteiger partial charge on any atom is -0.352 e. The lowest BCUT2D eigenvalue weighted by molar-refractivity contribution is -0.121. The van der Waals surface area contributed by atoms with Crippen LogP contribution < -0.4 is 5.32 Å². The predicted octanol–water partition coefficient (Wildman–Crippen LogP) is 3.70. The van der Waals surface area contributed by atoms with Crippen LogP contribution in [0.3, 0.4) is 0 Å². The van der Waals surface area contributed by atoms with Gasteiger partial charge in [0.2, 0.25) is 5.91 Å². The zero-order valence-corrected chi connectivity index (χ0v) is 15.1. The molecule has 3 nitrogen and oxygen atoms in total. The number of hydrogen-bond donors (Lipinski definition) is 1. The number of rotatable bonds is 5. The maximum absolute atomic E-state index is 12.4. The quantitative estimate of drug-likeness (QED) is 0.894. The molecule has 1 aromatic carbocycles. The van der Waals surface area contributed by atoms with E-state index >= 15 is 0 Å². The first-order valence-electron chi connectivity index (χ1n) is 9.76. The molecular formula is C21H32N2O. The van der Waals surface area contributed by atoms with Gasteiger partial charge in [-0.15, -0.1) is 0 Å². The van der Waals surface area contributed by atoms with Crippen molar-refractivity contribution in [3.05, 3.63) is 35.4 Å². The van der Waals surface area contributed by atoms with Crippen LogP contribution in [0.5, 0.6) is 0 Å². The second-order valence-corrected chi connectivity index (χ2v) is 7.84. The van der Waals surface area contributed by atoms with Gasteiger partial charge in [0, 0.05) is 19.1 Å². The second-order valence-electron chi connectivity index (χ2n) is 7.84. The summed E-state index contributed by atoms with van der Waals surface area (Å²) in [7, 11) is 0. The van der Waals surface area contributed by atoms with Crippen molar-refractivity contribution in [1.29, 1.82) is 0 Å². The number of hydrogen-bond acceptors (Lipinski definition) is 2. The molecule has 1 atom stereocenters. The highest BCUT2D eigenvalue weighted by Gasteiger charge is 2.24. The van der Waals surface area contributed by atoms with Crippen LogP contribution in [0.2, 0.25) is 0 Å². The molecule has 1 N–H and O–H groups in total. The van der Waals surface area contributed by atoms with Gasteiger partial charge in [-0.3, -0.25) is 4.79 Å². The van der Waals surface area contributed by atoms with Crippen LogP contribution in [0.1, 0.15) is 56.1 Å². The molecule has 2 aliphatic rings. The van der Waals surface area contributed by atoms with Crippen LogP contribution in [0, 0.1) is 12.8 Å². The Balaban J connectivity index is 1.45. The molecule has 2 fully saturated rings. The van der Waals surface area contributed by atoms with Crippen molar-refractivity contribution in [3.8, 4) is 0 Å². The summed E-state index contributed by atoms with van der Waals surface area (Å²) in [5.74, 6) is 1.06. The monoisotopic (exact) mass is 328 g/mol. The fourth-order valence-corrected chi connectivity index (χ4v) is 4.36. The van der Waals surface area contributed by atoms with Crippen molar-refractivity contribution in [2.24, 2.45) is 5.92 Å². The molecule has 24 heavy (non-hydrogen) atoms. The van der Waals surface area contributed by atoms with Gasteiger partial charge in [-0.2, -0.15) is 0 Å². The molecule has 1 unspecified atom stereocenters. The van der Waals surface area contributed by atoms with Gasteiger partial charge in [-0.1, -0.05) is 49.1 Å². The van der Waals surface area contributed by atoms with Gasteiger partial charge in [0.05, 0.1) is 6.42 Å². The molecule has 0 spiro atoms. The highest BCUT2D eigenvalue weighted by molar-refractivity contribution is 5.78. The predicted molar refractivity (Wildman–Crippen MR) is 99.1 cm³/mol. The topological polar surface area (TPSA) is 32.3 Å². The van der Waals surface area contributed by atoms with Gasteiger partial charge in [0.15, 0.2) is 0 Å². The molecular weight excluding hydrogens is 296 g/mol. The summed E-state index contributed by atoms with van der Waals surface area (Å²) in [6.45, 7) is 5.56. The van der Waals surface area contributed by atoms with Gasteiger partial charge in [0.25, 0.3) is 0 Å². The lowest BCUT2D eigenvalue weighted by Gasteiger charge is -2.36. The fourth-order valence-electron chi connectivity index (χ4n) is 4.36. The maximum atomic E-state index is 12.4. The number of aryl methyl sites for hydroxylation is 1. The van der Waals surface area contributed by atoms with Gasteiger partial charge in [-0.05, 0) is 50.6 Å². The maximum Gasteiger partial charge on any atom is 0.224 e. The second kappa shape index (κ2) is 8.66. The number of benzene rings is 1. The van der Waals surface area contributed by atoms with Crippen molar-refractivity contribution in [1.82, 2.24) is 10.2 Å². The summed E-state index contributed by atoms with van der Waals surface area (Å²) in [5.41, 5.74) is 2.33. The molecule has 3 rings (SSSR count). The minimum absolute atomic E-state index is 0.171. The number of nitrogens with one attached hydrogen (secondary N) is 1. The minimum atomic E-state index is 0.171. The Hall–Kier alpha value is -1.35. The van der Waals surface area contributed by atoms with Gasteiger partial charge < -0.3 is 10.2 Å². The molecule has 0 aromatic heterocycles. The highest BCUT2D eigenvalue weighted by atomic mass is 16.1. The lowest BCUT2D eigenvalue weighted by Crippen LogP contribution is -2.49. The number of carbonyl (C=O) groups excluding carboxylic acids is 1. The Morgan fingerprint density at radius 1 is 1.17 bits per heavy atom. The Labute approximate surface area is 146 Å². The van der Waals surface area contributed by atoms with Crippen LogP contribution in [-0.2, 0) is 11.2 Å². The largest absolute Gasteiger partial charge is 0.352 e. The van der Waals surface area contributed by atoms with Crippen molar-refractivity contribution < 1.29 is 4.79 Å². The van der Waals surface area contributed by atoms with Crippen LogP contribution >= 0.6 is 0 Å². The smallest absolute Gasteiger partial charge is 0.224 e. The summed E-state index contributed by atoms with van der Waals surface area (Å²) < 4.78 is 0. The van der Waals surface area contributed by atoms with Crippen LogP contribution in [0.25, 0.3) is 0 Å². The van der Waals surface area contributed by atoms with E-state index in [2.05, 4.69) is 29.3 Å². The van der Waals surface area contributed by atoms with E-state index in [0.29, 0.717) is 12.5 Å². The van der Waals surface area contributed by atoms with Crippen molar-refractivity contribution in [2.45, 2.75) is 64.3 Å². The van der Waals surface area contributed by atoms with Crippen molar-refractivity contribution >= 4 is 5.91 Å². The average molecular weight is 329 g/mol. The molecule has 132 valence electrons. The number of amides is 1. The van der Waals surface area contributed by atoms with Crippen LogP contribution in [-0.4, -0.2) is 36.5 Å². The van der Waals surface area contributed by atoms with E-state index in [1.165, 1.54) is 57.2 Å². The lowest BCUT2D eigenvalue weighted by atomic mass is 9.88. The van der Waals surface area contributed by atoms with Crippen molar-refractivity contribution in [2.75, 3.05) is 19.6 Å². The van der Waals surface area contributed by atoms with Crippen molar-refractivity contribution in [3.63, 3.8) is 0 Å². The van der Waals surface area contributed by atoms with Crippen LogP contribution in [0.4, 0.5) is 0 Å². The summed E-state index contributed by atoms with van der Waals surface area (Å²) >= 11 is 0. The van der Waals surface area contributed by atoms with E-state index in [-0.39, 0.29) is 5.91 Å². The van der Waals surface area contributed by atoms with E-state index in [9.17, 15) is 4.79 Å². The van der Waals surface area contributed by atoms with Crippen LogP contribution in [0.15, 0.2) is 24.3 Å². The molecule has 1 saturated heterocycles. The molecule has 1 aliphatic carbocycles. The first kappa shape index (κ1) is 17.5. The number of piperidine rings is 1. The normalized spacial score (nSPS) is 23.1. The van der Waals surface area contributed by atoms with Gasteiger partial charge in [-0.25, -0.2) is 0 Å². The molecule has 0 bridgehead atoms. The molecule has 3 heteroatoms. The number of carbonyl (C=O) groups is 1. The SMILES string of the molecule is Cc1cccc(CC(=O)NC2CCCN(CC3CCCCC3)C2)c1. The zero-order chi connectivity index (χ0) is 16.8. The molecule has 0 radical (unpaired) electrons. The molecule has 1 heterocycles. The first-order valence-corrected chi connectivity index (χ1v) is 9.76. The third-order valence-corrected chi connectivity index (χ3v) is 5.56. The number of nitrogens with zero attached hydrogens (tertiary/aromatic N) is 1. The fraction of sp³-hybridized carbons (Fsp3) is 0.667. The Kier molecular flexibility index (Phi) is 6.30. The Morgan fingerprint density at radius 2 is 2.00 bits per heavy atom. The average Bonchev–Trinajstić information content (AvgIpc) is 2.56. The molecule has 1 aliphatic heterocycles. The Morgan fingerprint density at radius 3 is 2.79 bits per heavy atom. The summed E-state index contributed by atoms with van der Waals surface area (Å²) in [4.78, 5) is 15.0. The van der Waals surface area contributed by atoms with Gasteiger partial charge in [0.1, 0.15) is 0 Å². The highest BCUT2D eigenvalue weighted by Crippen LogP contribution is 2.25. The van der Waals surface area contributed by atoms with E-state index in [0.717, 1.165) is 24.4 Å². The number of likely N-dealkylation sites (tertiary alicyclic amines) is 1. The first-order chi connectivity index (χ1) is 11.7. The third kappa shape index (κ3) is 5.34. The standard InChI is InChI=1S/C21H32N2O/c1-17-7-5-10-19(13-17)14-21(24)22-20-11-6-12-23(16-20)15-18-8-3-2-4-9-18/h5,7,10,13,18,20H,2-4,6,8-9,11-12,14-16H2,1H3,(H,22,24). The molecule has 1 saturated carbocycles.